The molecule has 0 amide bonds. The van der Waals surface area contributed by atoms with E-state index in [1.54, 1.807) is 12.1 Å². The summed E-state index contributed by atoms with van der Waals surface area (Å²) in [5.41, 5.74) is 0.359. The minimum Gasteiger partial charge on any atom is -0.377 e. The molecule has 1 saturated carbocycles. The molecule has 2 unspecified atom stereocenters. The van der Waals surface area contributed by atoms with E-state index < -0.39 is 9.84 Å². The highest BCUT2D eigenvalue weighted by Gasteiger charge is 2.21. The summed E-state index contributed by atoms with van der Waals surface area (Å²) < 4.78 is 30.2. The third-order valence-electron chi connectivity index (χ3n) is 3.92. The fourth-order valence-electron chi connectivity index (χ4n) is 2.73. The van der Waals surface area contributed by atoms with Gasteiger partial charge in [-0.3, -0.25) is 0 Å². The molecule has 1 aromatic carbocycles. The third kappa shape index (κ3) is 4.55. The molecule has 1 aromatic rings. The van der Waals surface area contributed by atoms with E-state index in [9.17, 15) is 8.42 Å². The molecule has 0 aliphatic heterocycles. The molecule has 114 valence electrons. The standard InChI is InChI=1S/C16H21NO3S/c1-13-4-2-6-15(10-13)20-8-9-21(18,19)16-7-3-5-14(11-16)12-17/h3,5,7,11,13,15H,2,4,6,8-10H2,1H3. The summed E-state index contributed by atoms with van der Waals surface area (Å²) in [5.74, 6) is 0.625. The van der Waals surface area contributed by atoms with Crippen molar-refractivity contribution in [2.75, 3.05) is 12.4 Å². The van der Waals surface area contributed by atoms with Crippen molar-refractivity contribution in [2.45, 2.75) is 43.6 Å². The van der Waals surface area contributed by atoms with Crippen LogP contribution in [0, 0.1) is 17.2 Å². The van der Waals surface area contributed by atoms with Crippen LogP contribution < -0.4 is 0 Å². The van der Waals surface area contributed by atoms with Crippen molar-refractivity contribution < 1.29 is 13.2 Å². The summed E-state index contributed by atoms with van der Waals surface area (Å²) in [6.45, 7) is 2.43. The summed E-state index contributed by atoms with van der Waals surface area (Å²) in [6.07, 6.45) is 4.62. The summed E-state index contributed by atoms with van der Waals surface area (Å²) in [6, 6.07) is 8.09. The van der Waals surface area contributed by atoms with E-state index in [0.29, 0.717) is 11.5 Å². The van der Waals surface area contributed by atoms with E-state index in [2.05, 4.69) is 6.92 Å². The maximum Gasteiger partial charge on any atom is 0.180 e. The van der Waals surface area contributed by atoms with Gasteiger partial charge in [0.25, 0.3) is 0 Å². The predicted molar refractivity (Wildman–Crippen MR) is 80.6 cm³/mol. The molecule has 2 rings (SSSR count). The Labute approximate surface area is 126 Å². The zero-order valence-corrected chi connectivity index (χ0v) is 13.1. The highest BCUT2D eigenvalue weighted by molar-refractivity contribution is 7.91. The Morgan fingerprint density at radius 1 is 1.38 bits per heavy atom. The first-order chi connectivity index (χ1) is 10.0. The molecule has 1 aliphatic rings. The van der Waals surface area contributed by atoms with E-state index >= 15 is 0 Å². The predicted octanol–water partition coefficient (Wildman–Crippen LogP) is 2.93. The van der Waals surface area contributed by atoms with Crippen LogP contribution in [0.1, 0.15) is 38.2 Å². The molecule has 2 atom stereocenters. The molecule has 1 aliphatic carbocycles. The van der Waals surface area contributed by atoms with Gasteiger partial charge in [-0.25, -0.2) is 8.42 Å². The van der Waals surface area contributed by atoms with Gasteiger partial charge in [-0.05, 0) is 37.0 Å². The summed E-state index contributed by atoms with van der Waals surface area (Å²) in [4.78, 5) is 0.196. The molecule has 0 N–H and O–H groups in total. The van der Waals surface area contributed by atoms with Gasteiger partial charge in [-0.15, -0.1) is 0 Å². The maximum absolute atomic E-state index is 12.2. The number of ether oxygens (including phenoxy) is 1. The monoisotopic (exact) mass is 307 g/mol. The van der Waals surface area contributed by atoms with Gasteiger partial charge in [0.15, 0.2) is 9.84 Å². The lowest BCUT2D eigenvalue weighted by molar-refractivity contribution is 0.0242. The Balaban J connectivity index is 1.90. The first-order valence-corrected chi connectivity index (χ1v) is 9.01. The van der Waals surface area contributed by atoms with Gasteiger partial charge in [-0.2, -0.15) is 5.26 Å². The second kappa shape index (κ2) is 7.06. The minimum absolute atomic E-state index is 0.0350. The highest BCUT2D eigenvalue weighted by atomic mass is 32.2. The van der Waals surface area contributed by atoms with Gasteiger partial charge < -0.3 is 4.74 Å². The van der Waals surface area contributed by atoms with Crippen molar-refractivity contribution >= 4 is 9.84 Å². The lowest BCUT2D eigenvalue weighted by Crippen LogP contribution is -2.24. The zero-order valence-electron chi connectivity index (χ0n) is 12.3. The molecule has 1 fully saturated rings. The van der Waals surface area contributed by atoms with E-state index in [-0.39, 0.29) is 23.4 Å². The highest BCUT2D eigenvalue weighted by Crippen LogP contribution is 2.25. The van der Waals surface area contributed by atoms with Crippen LogP contribution in [0.3, 0.4) is 0 Å². The van der Waals surface area contributed by atoms with Crippen LogP contribution >= 0.6 is 0 Å². The number of hydrogen-bond donors (Lipinski definition) is 0. The SMILES string of the molecule is CC1CCCC(OCCS(=O)(=O)c2cccc(C#N)c2)C1. The van der Waals surface area contributed by atoms with Crippen LogP contribution in [-0.4, -0.2) is 26.9 Å². The molecule has 4 nitrogen and oxygen atoms in total. The summed E-state index contributed by atoms with van der Waals surface area (Å²) in [7, 11) is -3.38. The van der Waals surface area contributed by atoms with Crippen molar-refractivity contribution in [3.05, 3.63) is 29.8 Å². The van der Waals surface area contributed by atoms with Crippen molar-refractivity contribution in [1.29, 1.82) is 5.26 Å². The van der Waals surface area contributed by atoms with Crippen LogP contribution in [0.4, 0.5) is 0 Å². The van der Waals surface area contributed by atoms with E-state index in [4.69, 9.17) is 10.00 Å². The number of sulfone groups is 1. The Morgan fingerprint density at radius 3 is 2.90 bits per heavy atom. The van der Waals surface area contributed by atoms with E-state index in [0.717, 1.165) is 19.3 Å². The molecule has 0 radical (unpaired) electrons. The Morgan fingerprint density at radius 2 is 2.19 bits per heavy atom. The van der Waals surface area contributed by atoms with E-state index in [1.165, 1.54) is 18.6 Å². The van der Waals surface area contributed by atoms with Crippen LogP contribution in [0.2, 0.25) is 0 Å². The molecule has 5 heteroatoms. The maximum atomic E-state index is 12.2. The number of nitriles is 1. The molecule has 0 aromatic heterocycles. The molecular weight excluding hydrogens is 286 g/mol. The van der Waals surface area contributed by atoms with Crippen LogP contribution in [0.5, 0.6) is 0 Å². The van der Waals surface area contributed by atoms with Crippen LogP contribution in [-0.2, 0) is 14.6 Å². The molecule has 0 saturated heterocycles. The molecule has 21 heavy (non-hydrogen) atoms. The third-order valence-corrected chi connectivity index (χ3v) is 5.59. The van der Waals surface area contributed by atoms with Gasteiger partial charge >= 0.3 is 0 Å². The zero-order chi connectivity index (χ0) is 15.3. The number of benzene rings is 1. The van der Waals surface area contributed by atoms with Crippen molar-refractivity contribution in [1.82, 2.24) is 0 Å². The Hall–Kier alpha value is -1.38. The first-order valence-electron chi connectivity index (χ1n) is 7.36. The summed E-state index contributed by atoms with van der Waals surface area (Å²) >= 11 is 0. The largest absolute Gasteiger partial charge is 0.377 e. The normalized spacial score (nSPS) is 22.7. The number of rotatable bonds is 5. The number of hydrogen-bond acceptors (Lipinski definition) is 4. The van der Waals surface area contributed by atoms with Gasteiger partial charge in [-0.1, -0.05) is 25.8 Å². The average molecular weight is 307 g/mol. The van der Waals surface area contributed by atoms with E-state index in [1.807, 2.05) is 6.07 Å². The smallest absolute Gasteiger partial charge is 0.180 e. The quantitative estimate of drug-likeness (QED) is 0.839. The average Bonchev–Trinajstić information content (AvgIpc) is 2.47. The number of nitrogens with zero attached hydrogens (tertiary/aromatic N) is 1. The topological polar surface area (TPSA) is 67.2 Å². The molecule has 0 heterocycles. The van der Waals surface area contributed by atoms with Crippen LogP contribution in [0.25, 0.3) is 0 Å². The Bertz CT molecular complexity index is 619. The van der Waals surface area contributed by atoms with Gasteiger partial charge in [0.2, 0.25) is 0 Å². The van der Waals surface area contributed by atoms with Crippen LogP contribution in [0.15, 0.2) is 29.2 Å². The van der Waals surface area contributed by atoms with Gasteiger partial charge in [0.1, 0.15) is 0 Å². The second-order valence-electron chi connectivity index (χ2n) is 5.72. The van der Waals surface area contributed by atoms with Gasteiger partial charge in [0, 0.05) is 0 Å². The second-order valence-corrected chi connectivity index (χ2v) is 7.83. The minimum atomic E-state index is -3.38. The molecular formula is C16H21NO3S. The summed E-state index contributed by atoms with van der Waals surface area (Å²) in [5, 5.41) is 8.83. The fraction of sp³-hybridized carbons (Fsp3) is 0.562. The van der Waals surface area contributed by atoms with Gasteiger partial charge in [0.05, 0.1) is 35.0 Å². The first kappa shape index (κ1) is 16.0. The Kier molecular flexibility index (Phi) is 5.38. The van der Waals surface area contributed by atoms with Crippen molar-refractivity contribution in [2.24, 2.45) is 5.92 Å². The molecule has 0 spiro atoms. The lowest BCUT2D eigenvalue weighted by Gasteiger charge is -2.26. The molecule has 0 bridgehead atoms. The fourth-order valence-corrected chi connectivity index (χ4v) is 3.88. The lowest BCUT2D eigenvalue weighted by atomic mass is 9.89. The van der Waals surface area contributed by atoms with Crippen molar-refractivity contribution in [3.8, 4) is 6.07 Å². The van der Waals surface area contributed by atoms with Crippen molar-refractivity contribution in [3.63, 3.8) is 0 Å².